The van der Waals surface area contributed by atoms with Crippen LogP contribution in [0.3, 0.4) is 0 Å². The first-order valence-corrected chi connectivity index (χ1v) is 15.8. The van der Waals surface area contributed by atoms with Crippen LogP contribution in [0.4, 0.5) is 0 Å². The van der Waals surface area contributed by atoms with Crippen LogP contribution in [-0.4, -0.2) is 27.6 Å². The minimum absolute atomic E-state index is 0.306. The molecular weight excluding hydrogens is 562 g/mol. The predicted molar refractivity (Wildman–Crippen MR) is 191 cm³/mol. The molecule has 2 aromatic heterocycles. The number of fused-ring (bicyclic) bond motifs is 6. The van der Waals surface area contributed by atoms with E-state index >= 15 is 0 Å². The van der Waals surface area contributed by atoms with Gasteiger partial charge in [0, 0.05) is 34.4 Å². The van der Waals surface area contributed by atoms with E-state index < -0.39 is 0 Å². The van der Waals surface area contributed by atoms with Gasteiger partial charge in [-0.3, -0.25) is 4.98 Å². The molecule has 8 aromatic rings. The van der Waals surface area contributed by atoms with Crippen molar-refractivity contribution in [2.75, 3.05) is 6.54 Å². The number of pyridine rings is 1. The lowest BCUT2D eigenvalue weighted by molar-refractivity contribution is 0.131. The van der Waals surface area contributed by atoms with E-state index in [1.807, 2.05) is 12.4 Å². The summed E-state index contributed by atoms with van der Waals surface area (Å²) in [5.41, 5.74) is 8.62. The molecule has 1 aliphatic heterocycles. The highest BCUT2D eigenvalue weighted by atomic mass is 16.5. The lowest BCUT2D eigenvalue weighted by Gasteiger charge is -2.17. The van der Waals surface area contributed by atoms with Gasteiger partial charge in [-0.2, -0.15) is 0 Å². The van der Waals surface area contributed by atoms with Crippen LogP contribution in [0, 0.1) is 0 Å². The molecule has 0 unspecified atom stereocenters. The van der Waals surface area contributed by atoms with Crippen molar-refractivity contribution >= 4 is 49.2 Å². The first-order valence-electron chi connectivity index (χ1n) is 15.8. The highest BCUT2D eigenvalue weighted by Crippen LogP contribution is 2.42. The zero-order valence-corrected chi connectivity index (χ0v) is 25.7. The van der Waals surface area contributed by atoms with Crippen LogP contribution in [0.15, 0.2) is 145 Å². The average Bonchev–Trinajstić information content (AvgIpc) is 3.64. The van der Waals surface area contributed by atoms with E-state index in [1.54, 1.807) is 0 Å². The Morgan fingerprint density at radius 1 is 0.587 bits per heavy atom. The molecule has 0 aliphatic carbocycles. The average molecular weight is 594 g/mol. The van der Waals surface area contributed by atoms with Gasteiger partial charge < -0.3 is 9.30 Å². The zero-order valence-electron chi connectivity index (χ0n) is 25.7. The standard InChI is InChI=1S/C42H31N3O/c1-42(2)26-44-41(46-42)32-21-31(24-43-25-32)37-23-39-40(35-15-9-8-14-34(35)37)36-19-18-30(22-38(36)45(39)33-12-4-3-5-13-33)29-17-16-27-10-6-7-11-28(27)20-29/h3-25H,26H2,1-2H3. The van der Waals surface area contributed by atoms with Gasteiger partial charge in [0.2, 0.25) is 5.90 Å². The predicted octanol–water partition coefficient (Wildman–Crippen LogP) is 10.4. The molecule has 0 bridgehead atoms. The van der Waals surface area contributed by atoms with E-state index in [0.29, 0.717) is 12.4 Å². The van der Waals surface area contributed by atoms with E-state index in [-0.39, 0.29) is 5.60 Å². The second-order valence-electron chi connectivity index (χ2n) is 12.8. The van der Waals surface area contributed by atoms with E-state index in [4.69, 9.17) is 4.74 Å². The van der Waals surface area contributed by atoms with E-state index in [9.17, 15) is 0 Å². The lowest BCUT2D eigenvalue weighted by atomic mass is 9.94. The Labute approximate surface area is 267 Å². The summed E-state index contributed by atoms with van der Waals surface area (Å²) in [6.45, 7) is 4.77. The quantitative estimate of drug-likeness (QED) is 0.204. The van der Waals surface area contributed by atoms with E-state index in [0.717, 1.165) is 27.9 Å². The number of rotatable bonds is 4. The Morgan fingerprint density at radius 2 is 1.30 bits per heavy atom. The molecule has 0 N–H and O–H groups in total. The third-order valence-corrected chi connectivity index (χ3v) is 9.14. The molecule has 4 heteroatoms. The zero-order chi connectivity index (χ0) is 30.8. The molecule has 0 radical (unpaired) electrons. The highest BCUT2D eigenvalue weighted by Gasteiger charge is 2.28. The fraction of sp³-hybridized carbons (Fsp3) is 0.0952. The normalized spacial score (nSPS) is 14.3. The van der Waals surface area contributed by atoms with Crippen LogP contribution in [0.5, 0.6) is 0 Å². The molecule has 4 nitrogen and oxygen atoms in total. The third-order valence-electron chi connectivity index (χ3n) is 9.14. The van der Waals surface area contributed by atoms with Crippen LogP contribution in [0.1, 0.15) is 19.4 Å². The van der Waals surface area contributed by atoms with Crippen molar-refractivity contribution in [2.45, 2.75) is 19.4 Å². The minimum Gasteiger partial charge on any atom is -0.469 e. The first kappa shape index (κ1) is 26.6. The largest absolute Gasteiger partial charge is 0.469 e. The molecule has 6 aromatic carbocycles. The van der Waals surface area contributed by atoms with E-state index in [2.05, 4.69) is 156 Å². The first-order chi connectivity index (χ1) is 22.5. The SMILES string of the molecule is CC1(C)CN=C(c2cncc(-c3cc4c(c5ccccc35)c3ccc(-c5ccc6ccccc6c5)cc3n4-c3ccccc3)c2)O1. The van der Waals surface area contributed by atoms with Crippen molar-refractivity contribution in [1.82, 2.24) is 9.55 Å². The van der Waals surface area contributed by atoms with Crippen molar-refractivity contribution in [3.63, 3.8) is 0 Å². The topological polar surface area (TPSA) is 39.4 Å². The Bertz CT molecular complexity index is 2510. The number of hydrogen-bond donors (Lipinski definition) is 0. The molecule has 46 heavy (non-hydrogen) atoms. The van der Waals surface area contributed by atoms with Crippen molar-refractivity contribution < 1.29 is 4.74 Å². The molecule has 220 valence electrons. The fourth-order valence-electron chi connectivity index (χ4n) is 6.96. The summed E-state index contributed by atoms with van der Waals surface area (Å²) in [5, 5.41) is 7.38. The van der Waals surface area contributed by atoms with Crippen LogP contribution < -0.4 is 0 Å². The summed E-state index contributed by atoms with van der Waals surface area (Å²) in [4.78, 5) is 9.35. The molecule has 3 heterocycles. The number of benzene rings is 6. The molecule has 0 amide bonds. The van der Waals surface area contributed by atoms with Gasteiger partial charge in [-0.1, -0.05) is 91.0 Å². The summed E-state index contributed by atoms with van der Waals surface area (Å²) in [5.74, 6) is 0.657. The van der Waals surface area contributed by atoms with Gasteiger partial charge in [0.05, 0.1) is 23.1 Å². The number of nitrogens with zero attached hydrogens (tertiary/aromatic N) is 3. The maximum atomic E-state index is 6.18. The minimum atomic E-state index is -0.306. The van der Waals surface area contributed by atoms with Crippen LogP contribution in [0.2, 0.25) is 0 Å². The molecule has 0 atom stereocenters. The van der Waals surface area contributed by atoms with Crippen LogP contribution in [0.25, 0.3) is 71.3 Å². The number of aliphatic imine (C=N–C) groups is 1. The van der Waals surface area contributed by atoms with Crippen LogP contribution >= 0.6 is 0 Å². The molecule has 9 rings (SSSR count). The Kier molecular flexibility index (Phi) is 5.88. The Hall–Kier alpha value is -5.74. The van der Waals surface area contributed by atoms with Crippen molar-refractivity contribution in [3.05, 3.63) is 145 Å². The number of hydrogen-bond acceptors (Lipinski definition) is 3. The second kappa shape index (κ2) is 10.1. The van der Waals surface area contributed by atoms with Gasteiger partial charge in [0.1, 0.15) is 5.60 Å². The summed E-state index contributed by atoms with van der Waals surface area (Å²) in [6, 6.07) is 46.1. The monoisotopic (exact) mass is 593 g/mol. The summed E-state index contributed by atoms with van der Waals surface area (Å²) >= 11 is 0. The molecule has 0 saturated heterocycles. The molecule has 0 spiro atoms. The van der Waals surface area contributed by atoms with Gasteiger partial charge in [0.25, 0.3) is 0 Å². The van der Waals surface area contributed by atoms with Gasteiger partial charge in [-0.15, -0.1) is 0 Å². The number of aromatic nitrogens is 2. The fourth-order valence-corrected chi connectivity index (χ4v) is 6.96. The maximum Gasteiger partial charge on any atom is 0.218 e. The van der Waals surface area contributed by atoms with Crippen molar-refractivity contribution in [1.29, 1.82) is 0 Å². The second-order valence-corrected chi connectivity index (χ2v) is 12.8. The van der Waals surface area contributed by atoms with Crippen LogP contribution in [-0.2, 0) is 4.74 Å². The van der Waals surface area contributed by atoms with Gasteiger partial charge in [-0.25, -0.2) is 4.99 Å². The molecule has 0 saturated carbocycles. The summed E-state index contributed by atoms with van der Waals surface area (Å²) in [6.07, 6.45) is 3.80. The highest BCUT2D eigenvalue weighted by molar-refractivity contribution is 6.24. The summed E-state index contributed by atoms with van der Waals surface area (Å²) < 4.78 is 8.59. The van der Waals surface area contributed by atoms with Gasteiger partial charge >= 0.3 is 0 Å². The molecule has 1 aliphatic rings. The lowest BCUT2D eigenvalue weighted by Crippen LogP contribution is -2.24. The molecule has 0 fully saturated rings. The van der Waals surface area contributed by atoms with Crippen molar-refractivity contribution in [2.24, 2.45) is 4.99 Å². The van der Waals surface area contributed by atoms with Crippen molar-refractivity contribution in [3.8, 4) is 27.9 Å². The molecular formula is C42H31N3O. The third kappa shape index (κ3) is 4.29. The smallest absolute Gasteiger partial charge is 0.218 e. The summed E-state index contributed by atoms with van der Waals surface area (Å²) in [7, 11) is 0. The number of ether oxygens (including phenoxy) is 1. The van der Waals surface area contributed by atoms with E-state index in [1.165, 1.54) is 49.0 Å². The number of para-hydroxylation sites is 1. The van der Waals surface area contributed by atoms with Gasteiger partial charge in [-0.05, 0) is 88.5 Å². The maximum absolute atomic E-state index is 6.18. The Morgan fingerprint density at radius 3 is 2.13 bits per heavy atom. The van der Waals surface area contributed by atoms with Gasteiger partial charge in [0.15, 0.2) is 0 Å². The Balaban J connectivity index is 1.32.